The van der Waals surface area contributed by atoms with Gasteiger partial charge in [-0.3, -0.25) is 0 Å². The summed E-state index contributed by atoms with van der Waals surface area (Å²) in [5.41, 5.74) is 4.37. The van der Waals surface area contributed by atoms with Crippen LogP contribution in [0.4, 0.5) is 0 Å². The SMILES string of the molecule is Cn1c(-c2ccccc2)nc2ccc(CCl)cc21. The predicted molar refractivity (Wildman–Crippen MR) is 75.7 cm³/mol. The van der Waals surface area contributed by atoms with Crippen LogP contribution in [0.3, 0.4) is 0 Å². The highest BCUT2D eigenvalue weighted by Crippen LogP contribution is 2.24. The minimum atomic E-state index is 0.530. The fourth-order valence-corrected chi connectivity index (χ4v) is 2.33. The molecular weight excluding hydrogens is 244 g/mol. The highest BCUT2D eigenvalue weighted by atomic mass is 35.5. The molecule has 3 rings (SSSR count). The van der Waals surface area contributed by atoms with E-state index in [0.717, 1.165) is 28.0 Å². The summed E-state index contributed by atoms with van der Waals surface area (Å²) in [6.45, 7) is 0. The van der Waals surface area contributed by atoms with Crippen molar-refractivity contribution in [2.24, 2.45) is 7.05 Å². The summed E-state index contributed by atoms with van der Waals surface area (Å²) in [6, 6.07) is 16.4. The quantitative estimate of drug-likeness (QED) is 0.634. The Labute approximate surface area is 111 Å². The Bertz CT molecular complexity index is 686. The van der Waals surface area contributed by atoms with Crippen LogP contribution in [0.5, 0.6) is 0 Å². The first-order valence-corrected chi connectivity index (χ1v) is 6.40. The van der Waals surface area contributed by atoms with Crippen molar-refractivity contribution in [1.82, 2.24) is 9.55 Å². The third-order valence-corrected chi connectivity index (χ3v) is 3.44. The lowest BCUT2D eigenvalue weighted by Crippen LogP contribution is -1.92. The van der Waals surface area contributed by atoms with Gasteiger partial charge in [-0.2, -0.15) is 0 Å². The van der Waals surface area contributed by atoms with Gasteiger partial charge in [0.15, 0.2) is 0 Å². The van der Waals surface area contributed by atoms with Crippen molar-refractivity contribution in [2.45, 2.75) is 5.88 Å². The first-order chi connectivity index (χ1) is 8.79. The second kappa shape index (κ2) is 4.46. The molecule has 0 fully saturated rings. The van der Waals surface area contributed by atoms with E-state index in [-0.39, 0.29) is 0 Å². The summed E-state index contributed by atoms with van der Waals surface area (Å²) in [4.78, 5) is 4.68. The molecule has 0 saturated heterocycles. The van der Waals surface area contributed by atoms with Crippen LogP contribution in [-0.2, 0) is 12.9 Å². The zero-order valence-corrected chi connectivity index (χ0v) is 10.9. The van der Waals surface area contributed by atoms with Crippen LogP contribution < -0.4 is 0 Å². The Hall–Kier alpha value is -1.80. The molecule has 0 aliphatic carbocycles. The van der Waals surface area contributed by atoms with E-state index >= 15 is 0 Å². The Morgan fingerprint density at radius 3 is 2.61 bits per heavy atom. The maximum absolute atomic E-state index is 5.87. The Morgan fingerprint density at radius 2 is 1.89 bits per heavy atom. The summed E-state index contributed by atoms with van der Waals surface area (Å²) < 4.78 is 2.11. The molecule has 3 aromatic rings. The second-order valence-electron chi connectivity index (χ2n) is 4.32. The van der Waals surface area contributed by atoms with Crippen LogP contribution in [0.25, 0.3) is 22.4 Å². The number of hydrogen-bond donors (Lipinski definition) is 0. The molecule has 3 heteroatoms. The third kappa shape index (κ3) is 1.79. The second-order valence-corrected chi connectivity index (χ2v) is 4.58. The van der Waals surface area contributed by atoms with Gasteiger partial charge >= 0.3 is 0 Å². The third-order valence-electron chi connectivity index (χ3n) is 3.13. The number of hydrogen-bond acceptors (Lipinski definition) is 1. The summed E-state index contributed by atoms with van der Waals surface area (Å²) in [5, 5.41) is 0. The van der Waals surface area contributed by atoms with E-state index in [1.165, 1.54) is 0 Å². The average Bonchev–Trinajstić information content (AvgIpc) is 2.77. The van der Waals surface area contributed by atoms with E-state index in [2.05, 4.69) is 27.8 Å². The predicted octanol–water partition coefficient (Wildman–Crippen LogP) is 3.98. The number of rotatable bonds is 2. The maximum Gasteiger partial charge on any atom is 0.140 e. The van der Waals surface area contributed by atoms with Gasteiger partial charge in [-0.25, -0.2) is 4.98 Å². The van der Waals surface area contributed by atoms with Crippen molar-refractivity contribution in [1.29, 1.82) is 0 Å². The van der Waals surface area contributed by atoms with E-state index in [0.29, 0.717) is 5.88 Å². The van der Waals surface area contributed by atoms with Crippen LogP contribution in [0.2, 0.25) is 0 Å². The average molecular weight is 257 g/mol. The molecular formula is C15H13ClN2. The number of aromatic nitrogens is 2. The lowest BCUT2D eigenvalue weighted by molar-refractivity contribution is 0.958. The zero-order chi connectivity index (χ0) is 12.5. The molecule has 1 heterocycles. The zero-order valence-electron chi connectivity index (χ0n) is 10.1. The molecule has 0 amide bonds. The Morgan fingerprint density at radius 1 is 1.11 bits per heavy atom. The Kier molecular flexibility index (Phi) is 2.80. The highest BCUT2D eigenvalue weighted by molar-refractivity contribution is 6.17. The summed E-state index contributed by atoms with van der Waals surface area (Å²) in [5.74, 6) is 1.51. The van der Waals surface area contributed by atoms with E-state index in [4.69, 9.17) is 11.6 Å². The molecule has 1 aromatic heterocycles. The molecule has 0 aliphatic rings. The standard InChI is InChI=1S/C15H13ClN2/c1-18-14-9-11(10-16)7-8-13(14)17-15(18)12-5-3-2-4-6-12/h2-9H,10H2,1H3. The molecule has 0 atom stereocenters. The van der Waals surface area contributed by atoms with Gasteiger partial charge in [0.2, 0.25) is 0 Å². The van der Waals surface area contributed by atoms with Gasteiger partial charge in [-0.05, 0) is 17.7 Å². The minimum Gasteiger partial charge on any atom is -0.327 e. The molecule has 0 saturated carbocycles. The maximum atomic E-state index is 5.87. The minimum absolute atomic E-state index is 0.530. The molecule has 2 nitrogen and oxygen atoms in total. The van der Waals surface area contributed by atoms with Crippen molar-refractivity contribution in [3.63, 3.8) is 0 Å². The monoisotopic (exact) mass is 256 g/mol. The fraction of sp³-hybridized carbons (Fsp3) is 0.133. The van der Waals surface area contributed by atoms with E-state index in [1.807, 2.05) is 37.4 Å². The van der Waals surface area contributed by atoms with Crippen LogP contribution in [0.1, 0.15) is 5.56 Å². The number of benzene rings is 2. The molecule has 0 radical (unpaired) electrons. The van der Waals surface area contributed by atoms with Crippen molar-refractivity contribution in [3.8, 4) is 11.4 Å². The van der Waals surface area contributed by atoms with Gasteiger partial charge in [-0.1, -0.05) is 36.4 Å². The number of fused-ring (bicyclic) bond motifs is 1. The van der Waals surface area contributed by atoms with Crippen LogP contribution in [0.15, 0.2) is 48.5 Å². The topological polar surface area (TPSA) is 17.8 Å². The van der Waals surface area contributed by atoms with E-state index in [9.17, 15) is 0 Å². The molecule has 90 valence electrons. The van der Waals surface area contributed by atoms with E-state index < -0.39 is 0 Å². The molecule has 0 aliphatic heterocycles. The van der Waals surface area contributed by atoms with Crippen LogP contribution in [-0.4, -0.2) is 9.55 Å². The smallest absolute Gasteiger partial charge is 0.140 e. The van der Waals surface area contributed by atoms with Crippen LogP contribution >= 0.6 is 11.6 Å². The van der Waals surface area contributed by atoms with Crippen molar-refractivity contribution >= 4 is 22.6 Å². The normalized spacial score (nSPS) is 11.0. The largest absolute Gasteiger partial charge is 0.327 e. The van der Waals surface area contributed by atoms with Gasteiger partial charge < -0.3 is 4.57 Å². The summed E-state index contributed by atoms with van der Waals surface area (Å²) in [6.07, 6.45) is 0. The fourth-order valence-electron chi connectivity index (χ4n) is 2.16. The van der Waals surface area contributed by atoms with Crippen molar-refractivity contribution in [2.75, 3.05) is 0 Å². The number of imidazole rings is 1. The van der Waals surface area contributed by atoms with Crippen molar-refractivity contribution in [3.05, 3.63) is 54.1 Å². The molecule has 0 unspecified atom stereocenters. The lowest BCUT2D eigenvalue weighted by Gasteiger charge is -2.02. The molecule has 0 bridgehead atoms. The number of nitrogens with zero attached hydrogens (tertiary/aromatic N) is 2. The number of halogens is 1. The molecule has 0 N–H and O–H groups in total. The van der Waals surface area contributed by atoms with Gasteiger partial charge in [0.1, 0.15) is 5.82 Å². The van der Waals surface area contributed by atoms with Gasteiger partial charge in [0.05, 0.1) is 11.0 Å². The first-order valence-electron chi connectivity index (χ1n) is 5.86. The van der Waals surface area contributed by atoms with Crippen LogP contribution in [0, 0.1) is 0 Å². The summed E-state index contributed by atoms with van der Waals surface area (Å²) >= 11 is 5.87. The molecule has 0 spiro atoms. The van der Waals surface area contributed by atoms with Gasteiger partial charge in [0, 0.05) is 18.5 Å². The van der Waals surface area contributed by atoms with Crippen molar-refractivity contribution < 1.29 is 0 Å². The summed E-state index contributed by atoms with van der Waals surface area (Å²) in [7, 11) is 2.04. The van der Waals surface area contributed by atoms with Gasteiger partial charge in [0.25, 0.3) is 0 Å². The lowest BCUT2D eigenvalue weighted by atomic mass is 10.2. The molecule has 2 aromatic carbocycles. The number of aryl methyl sites for hydroxylation is 1. The number of alkyl halides is 1. The van der Waals surface area contributed by atoms with Gasteiger partial charge in [-0.15, -0.1) is 11.6 Å². The highest BCUT2D eigenvalue weighted by Gasteiger charge is 2.09. The first kappa shape index (κ1) is 11.3. The Balaban J connectivity index is 2.23. The molecule has 18 heavy (non-hydrogen) atoms. The van der Waals surface area contributed by atoms with E-state index in [1.54, 1.807) is 0 Å².